The number of allylic oxidation sites excluding steroid dienone is 2. The van der Waals surface area contributed by atoms with Gasteiger partial charge in [0.25, 0.3) is 5.91 Å². The molecule has 0 radical (unpaired) electrons. The van der Waals surface area contributed by atoms with Gasteiger partial charge in [0.2, 0.25) is 11.8 Å². The van der Waals surface area contributed by atoms with Crippen molar-refractivity contribution in [2.24, 2.45) is 11.8 Å². The number of hydrogen-bond donors (Lipinski definition) is 1. The number of hydrogen-bond acceptors (Lipinski definition) is 5. The van der Waals surface area contributed by atoms with Crippen molar-refractivity contribution in [3.05, 3.63) is 41.2 Å². The summed E-state index contributed by atoms with van der Waals surface area (Å²) in [4.78, 5) is 50.1. The second kappa shape index (κ2) is 8.10. The number of carbonyl (C=O) groups excluding carboxylic acids is 4. The van der Waals surface area contributed by atoms with Crippen LogP contribution in [0.25, 0.3) is 0 Å². The Labute approximate surface area is 165 Å². The van der Waals surface area contributed by atoms with Gasteiger partial charge in [-0.2, -0.15) is 0 Å². The Morgan fingerprint density at radius 1 is 1.25 bits per heavy atom. The first kappa shape index (κ1) is 20.0. The van der Waals surface area contributed by atoms with E-state index in [1.807, 2.05) is 12.2 Å². The predicted molar refractivity (Wildman–Crippen MR) is 97.7 cm³/mol. The van der Waals surface area contributed by atoms with Crippen LogP contribution in [-0.2, 0) is 23.9 Å². The van der Waals surface area contributed by atoms with Crippen molar-refractivity contribution in [2.75, 3.05) is 11.9 Å². The van der Waals surface area contributed by atoms with Crippen LogP contribution >= 0.6 is 11.6 Å². The van der Waals surface area contributed by atoms with Gasteiger partial charge in [0, 0.05) is 0 Å². The standard InChI is InChI=1S/C19H18ClFN2O5/c1-10(23-17(25)12-4-2-3-5-13(12)18(23)26)19(27)28-9-16(24)22-15-7-6-11(21)8-14(15)20/h2-3,6-8,10,12-13H,4-5,9H2,1H3,(H,22,24)/t10-,12-,13-/m0/s1. The summed E-state index contributed by atoms with van der Waals surface area (Å²) in [6, 6.07) is 2.29. The van der Waals surface area contributed by atoms with E-state index in [0.717, 1.165) is 17.0 Å². The first-order valence-electron chi connectivity index (χ1n) is 8.73. The minimum Gasteiger partial charge on any atom is -0.454 e. The van der Waals surface area contributed by atoms with E-state index in [0.29, 0.717) is 12.8 Å². The lowest BCUT2D eigenvalue weighted by molar-refractivity contribution is -0.159. The number of ether oxygens (including phenoxy) is 1. The second-order valence-corrected chi connectivity index (χ2v) is 7.07. The lowest BCUT2D eigenvalue weighted by Crippen LogP contribution is -2.45. The zero-order chi connectivity index (χ0) is 20.4. The fourth-order valence-corrected chi connectivity index (χ4v) is 3.56. The molecule has 3 atom stereocenters. The molecule has 0 bridgehead atoms. The van der Waals surface area contributed by atoms with E-state index in [4.69, 9.17) is 16.3 Å². The molecule has 1 aliphatic heterocycles. The number of likely N-dealkylation sites (tertiary alicyclic amines) is 1. The minimum atomic E-state index is -1.13. The molecule has 148 valence electrons. The predicted octanol–water partition coefficient (Wildman–Crippen LogP) is 2.30. The number of imide groups is 1. The number of nitrogens with one attached hydrogen (secondary N) is 1. The van der Waals surface area contributed by atoms with Gasteiger partial charge in [0.05, 0.1) is 22.5 Å². The van der Waals surface area contributed by atoms with Crippen molar-refractivity contribution < 1.29 is 28.3 Å². The summed E-state index contributed by atoms with van der Waals surface area (Å²) in [5, 5.41) is 2.39. The first-order valence-corrected chi connectivity index (χ1v) is 9.11. The van der Waals surface area contributed by atoms with Crippen LogP contribution in [0.4, 0.5) is 10.1 Å². The number of anilines is 1. The molecule has 1 aliphatic carbocycles. The number of nitrogens with zero attached hydrogens (tertiary/aromatic N) is 1. The highest BCUT2D eigenvalue weighted by atomic mass is 35.5. The van der Waals surface area contributed by atoms with E-state index < -0.39 is 54.0 Å². The lowest BCUT2D eigenvalue weighted by atomic mass is 9.85. The van der Waals surface area contributed by atoms with Crippen molar-refractivity contribution in [1.29, 1.82) is 0 Å². The summed E-state index contributed by atoms with van der Waals surface area (Å²) in [5.74, 6) is -3.80. The molecule has 1 N–H and O–H groups in total. The molecule has 1 aromatic carbocycles. The molecule has 9 heteroatoms. The van der Waals surface area contributed by atoms with E-state index in [9.17, 15) is 23.6 Å². The summed E-state index contributed by atoms with van der Waals surface area (Å²) < 4.78 is 18.0. The molecule has 1 saturated heterocycles. The van der Waals surface area contributed by atoms with Crippen molar-refractivity contribution in [3.63, 3.8) is 0 Å². The summed E-state index contributed by atoms with van der Waals surface area (Å²) in [6.07, 6.45) is 4.64. The third kappa shape index (κ3) is 3.91. The van der Waals surface area contributed by atoms with Gasteiger partial charge in [0.1, 0.15) is 11.9 Å². The summed E-state index contributed by atoms with van der Waals surface area (Å²) in [7, 11) is 0. The number of esters is 1. The maximum absolute atomic E-state index is 13.0. The van der Waals surface area contributed by atoms with Gasteiger partial charge >= 0.3 is 5.97 Å². The number of amides is 3. The summed E-state index contributed by atoms with van der Waals surface area (Å²) in [5.41, 5.74) is 0.165. The molecule has 1 fully saturated rings. The van der Waals surface area contributed by atoms with Gasteiger partial charge in [-0.05, 0) is 38.0 Å². The van der Waals surface area contributed by atoms with Crippen LogP contribution in [0, 0.1) is 17.7 Å². The average molecular weight is 409 g/mol. The van der Waals surface area contributed by atoms with E-state index in [1.54, 1.807) is 0 Å². The van der Waals surface area contributed by atoms with Gasteiger partial charge in [0.15, 0.2) is 6.61 Å². The Morgan fingerprint density at radius 2 is 1.86 bits per heavy atom. The highest BCUT2D eigenvalue weighted by Crippen LogP contribution is 2.36. The quantitative estimate of drug-likeness (QED) is 0.458. The molecule has 2 aliphatic rings. The molecule has 1 aromatic rings. The second-order valence-electron chi connectivity index (χ2n) is 6.66. The number of carbonyl (C=O) groups is 4. The molecular weight excluding hydrogens is 391 g/mol. The Balaban J connectivity index is 1.56. The van der Waals surface area contributed by atoms with Gasteiger partial charge in [-0.25, -0.2) is 9.18 Å². The van der Waals surface area contributed by atoms with Crippen LogP contribution in [0.2, 0.25) is 5.02 Å². The van der Waals surface area contributed by atoms with E-state index in [2.05, 4.69) is 5.32 Å². The Morgan fingerprint density at radius 3 is 2.43 bits per heavy atom. The fourth-order valence-electron chi connectivity index (χ4n) is 3.35. The first-order chi connectivity index (χ1) is 13.3. The molecule has 1 heterocycles. The maximum atomic E-state index is 13.0. The van der Waals surface area contributed by atoms with Crippen LogP contribution < -0.4 is 5.32 Å². The molecule has 28 heavy (non-hydrogen) atoms. The van der Waals surface area contributed by atoms with Gasteiger partial charge in [-0.3, -0.25) is 19.3 Å². The highest BCUT2D eigenvalue weighted by Gasteiger charge is 2.50. The number of fused-ring (bicyclic) bond motifs is 1. The molecule has 3 amide bonds. The largest absolute Gasteiger partial charge is 0.454 e. The monoisotopic (exact) mass is 408 g/mol. The SMILES string of the molecule is C[C@@H](C(=O)OCC(=O)Nc1ccc(F)cc1Cl)N1C(=O)[C@H]2CC=CC[C@@H]2C1=O. The summed E-state index contributed by atoms with van der Waals surface area (Å²) in [6.45, 7) is 0.749. The topological polar surface area (TPSA) is 92.8 Å². The Kier molecular flexibility index (Phi) is 5.79. The number of rotatable bonds is 5. The fraction of sp³-hybridized carbons (Fsp3) is 0.368. The molecule has 0 spiro atoms. The lowest BCUT2D eigenvalue weighted by Gasteiger charge is -2.21. The zero-order valence-electron chi connectivity index (χ0n) is 15.0. The molecule has 0 unspecified atom stereocenters. The highest BCUT2D eigenvalue weighted by molar-refractivity contribution is 6.33. The van der Waals surface area contributed by atoms with E-state index in [-0.39, 0.29) is 10.7 Å². The smallest absolute Gasteiger partial charge is 0.329 e. The molecule has 0 saturated carbocycles. The van der Waals surface area contributed by atoms with Crippen LogP contribution in [0.1, 0.15) is 19.8 Å². The zero-order valence-corrected chi connectivity index (χ0v) is 15.7. The summed E-state index contributed by atoms with van der Waals surface area (Å²) >= 11 is 5.82. The number of benzene rings is 1. The van der Waals surface area contributed by atoms with Gasteiger partial charge < -0.3 is 10.1 Å². The number of halogens is 2. The average Bonchev–Trinajstić information content (AvgIpc) is 2.92. The van der Waals surface area contributed by atoms with E-state index in [1.165, 1.54) is 13.0 Å². The third-order valence-electron chi connectivity index (χ3n) is 4.82. The molecule has 7 nitrogen and oxygen atoms in total. The molecule has 0 aromatic heterocycles. The minimum absolute atomic E-state index is 0.00230. The van der Waals surface area contributed by atoms with Crippen molar-refractivity contribution >= 4 is 41.0 Å². The van der Waals surface area contributed by atoms with Crippen LogP contribution in [0.15, 0.2) is 30.4 Å². The molecular formula is C19H18ClFN2O5. The van der Waals surface area contributed by atoms with Gasteiger partial charge in [-0.1, -0.05) is 23.8 Å². The Bertz CT molecular complexity index is 846. The molecule has 3 rings (SSSR count). The van der Waals surface area contributed by atoms with Crippen molar-refractivity contribution in [1.82, 2.24) is 4.90 Å². The van der Waals surface area contributed by atoms with Crippen LogP contribution in [0.5, 0.6) is 0 Å². The maximum Gasteiger partial charge on any atom is 0.329 e. The van der Waals surface area contributed by atoms with Gasteiger partial charge in [-0.15, -0.1) is 0 Å². The van der Waals surface area contributed by atoms with Crippen molar-refractivity contribution in [3.8, 4) is 0 Å². The van der Waals surface area contributed by atoms with E-state index >= 15 is 0 Å². The normalized spacial score (nSPS) is 22.0. The van der Waals surface area contributed by atoms with Crippen LogP contribution in [-0.4, -0.2) is 41.2 Å². The van der Waals surface area contributed by atoms with Crippen molar-refractivity contribution in [2.45, 2.75) is 25.8 Å². The third-order valence-corrected chi connectivity index (χ3v) is 5.13. The van der Waals surface area contributed by atoms with Crippen LogP contribution in [0.3, 0.4) is 0 Å². The Hall–Kier alpha value is -2.74.